The third kappa shape index (κ3) is 2.30. The first kappa shape index (κ1) is 16.3. The Bertz CT molecular complexity index is 836. The molecule has 0 spiro atoms. The van der Waals surface area contributed by atoms with Gasteiger partial charge in [-0.25, -0.2) is 8.42 Å². The van der Waals surface area contributed by atoms with Gasteiger partial charge in [-0.2, -0.15) is 0 Å². The molecular weight excluding hydrogens is 336 g/mol. The van der Waals surface area contributed by atoms with Crippen LogP contribution in [-0.4, -0.2) is 36.9 Å². The molecule has 2 aromatic carbocycles. The molecule has 1 aliphatic heterocycles. The monoisotopic (exact) mass is 352 g/mol. The Balaban J connectivity index is 2.26. The van der Waals surface area contributed by atoms with E-state index in [9.17, 15) is 8.42 Å². The fourth-order valence-corrected chi connectivity index (χ4v) is 3.99. The van der Waals surface area contributed by atoms with Crippen LogP contribution in [0.25, 0.3) is 0 Å². The first-order chi connectivity index (χ1) is 11.5. The minimum absolute atomic E-state index is 0.000120. The van der Waals surface area contributed by atoms with Crippen molar-refractivity contribution < 1.29 is 32.1 Å². The summed E-state index contributed by atoms with van der Waals surface area (Å²) in [4.78, 5) is -0.000241. The van der Waals surface area contributed by atoms with E-state index in [0.717, 1.165) is 0 Å². The van der Waals surface area contributed by atoms with Gasteiger partial charge in [-0.1, -0.05) is 0 Å². The van der Waals surface area contributed by atoms with Crippen LogP contribution in [0.1, 0.15) is 0 Å². The van der Waals surface area contributed by atoms with Crippen LogP contribution in [0.4, 0.5) is 0 Å². The lowest BCUT2D eigenvalue weighted by molar-refractivity contribution is 0.343. The lowest BCUT2D eigenvalue weighted by atomic mass is 10.2. The van der Waals surface area contributed by atoms with Gasteiger partial charge in [0.15, 0.2) is 34.5 Å². The van der Waals surface area contributed by atoms with E-state index >= 15 is 0 Å². The molecule has 0 fully saturated rings. The van der Waals surface area contributed by atoms with Crippen molar-refractivity contribution in [3.8, 4) is 34.5 Å². The van der Waals surface area contributed by atoms with Gasteiger partial charge in [-0.15, -0.1) is 0 Å². The molecule has 0 amide bonds. The Morgan fingerprint density at radius 1 is 0.667 bits per heavy atom. The van der Waals surface area contributed by atoms with Crippen molar-refractivity contribution in [3.63, 3.8) is 0 Å². The van der Waals surface area contributed by atoms with Crippen molar-refractivity contribution in [1.29, 1.82) is 0 Å². The molecule has 0 radical (unpaired) electrons. The van der Waals surface area contributed by atoms with Crippen molar-refractivity contribution in [2.24, 2.45) is 0 Å². The predicted molar refractivity (Wildman–Crippen MR) is 84.6 cm³/mol. The second-order valence-corrected chi connectivity index (χ2v) is 6.80. The summed E-state index contributed by atoms with van der Waals surface area (Å²) in [5, 5.41) is 0. The van der Waals surface area contributed by atoms with E-state index < -0.39 is 9.84 Å². The van der Waals surface area contributed by atoms with E-state index in [2.05, 4.69) is 0 Å². The van der Waals surface area contributed by atoms with Crippen LogP contribution in [-0.2, 0) is 9.84 Å². The SMILES string of the molecule is COc1cc2c(cc1OC)S(=O)(=O)c1cc(OC)c(OC)cc1O2. The van der Waals surface area contributed by atoms with Crippen LogP contribution in [0.3, 0.4) is 0 Å². The molecule has 0 bridgehead atoms. The zero-order chi connectivity index (χ0) is 17.5. The number of benzene rings is 2. The van der Waals surface area contributed by atoms with Crippen molar-refractivity contribution in [1.82, 2.24) is 0 Å². The molecular formula is C16H16O7S. The van der Waals surface area contributed by atoms with Crippen LogP contribution < -0.4 is 23.7 Å². The molecule has 128 valence electrons. The van der Waals surface area contributed by atoms with Gasteiger partial charge in [0.05, 0.1) is 28.4 Å². The topological polar surface area (TPSA) is 80.3 Å². The van der Waals surface area contributed by atoms with Gasteiger partial charge in [0, 0.05) is 24.3 Å². The summed E-state index contributed by atoms with van der Waals surface area (Å²) in [5.74, 6) is 1.66. The van der Waals surface area contributed by atoms with Crippen molar-refractivity contribution >= 4 is 9.84 Å². The minimum atomic E-state index is -3.81. The van der Waals surface area contributed by atoms with Crippen LogP contribution in [0.2, 0.25) is 0 Å². The smallest absolute Gasteiger partial charge is 0.214 e. The number of fused-ring (bicyclic) bond motifs is 2. The van der Waals surface area contributed by atoms with Crippen molar-refractivity contribution in [2.75, 3.05) is 28.4 Å². The molecule has 1 heterocycles. The summed E-state index contributed by atoms with van der Waals surface area (Å²) < 4.78 is 52.4. The number of hydrogen-bond donors (Lipinski definition) is 0. The van der Waals surface area contributed by atoms with Gasteiger partial charge in [0.2, 0.25) is 9.84 Å². The second kappa shape index (κ2) is 5.79. The summed E-state index contributed by atoms with van der Waals surface area (Å²) in [6.07, 6.45) is 0. The van der Waals surface area contributed by atoms with E-state index in [-0.39, 0.29) is 21.3 Å². The summed E-state index contributed by atoms with van der Waals surface area (Å²) in [5.41, 5.74) is 0. The van der Waals surface area contributed by atoms with Gasteiger partial charge in [0.1, 0.15) is 9.79 Å². The molecule has 0 atom stereocenters. The molecule has 0 saturated heterocycles. The first-order valence-electron chi connectivity index (χ1n) is 6.91. The lowest BCUT2D eigenvalue weighted by Crippen LogP contribution is -2.12. The molecule has 0 aromatic heterocycles. The number of methoxy groups -OCH3 is 4. The zero-order valence-electron chi connectivity index (χ0n) is 13.6. The highest BCUT2D eigenvalue weighted by atomic mass is 32.2. The van der Waals surface area contributed by atoms with Gasteiger partial charge < -0.3 is 23.7 Å². The van der Waals surface area contributed by atoms with Crippen LogP contribution in [0.15, 0.2) is 34.1 Å². The second-order valence-electron chi connectivity index (χ2n) is 4.91. The Labute approximate surface area is 139 Å². The Kier molecular flexibility index (Phi) is 3.92. The number of hydrogen-bond acceptors (Lipinski definition) is 7. The largest absolute Gasteiger partial charge is 0.493 e. The van der Waals surface area contributed by atoms with Crippen molar-refractivity contribution in [2.45, 2.75) is 9.79 Å². The number of sulfone groups is 1. The maximum atomic E-state index is 13.0. The molecule has 7 nitrogen and oxygen atoms in total. The average Bonchev–Trinajstić information content (AvgIpc) is 2.59. The molecule has 3 rings (SSSR count). The third-order valence-corrected chi connectivity index (χ3v) is 5.49. The molecule has 1 aliphatic rings. The highest BCUT2D eigenvalue weighted by Gasteiger charge is 2.34. The van der Waals surface area contributed by atoms with E-state index in [1.807, 2.05) is 0 Å². The molecule has 8 heteroatoms. The summed E-state index contributed by atoms with van der Waals surface area (Å²) in [6.45, 7) is 0. The van der Waals surface area contributed by atoms with Gasteiger partial charge in [-0.3, -0.25) is 0 Å². The van der Waals surface area contributed by atoms with Crippen LogP contribution in [0, 0.1) is 0 Å². The van der Waals surface area contributed by atoms with Gasteiger partial charge in [0.25, 0.3) is 0 Å². The maximum absolute atomic E-state index is 13.0. The molecule has 0 unspecified atom stereocenters. The normalized spacial score (nSPS) is 14.0. The van der Waals surface area contributed by atoms with E-state index in [1.165, 1.54) is 52.7 Å². The van der Waals surface area contributed by atoms with Gasteiger partial charge >= 0.3 is 0 Å². The molecule has 0 N–H and O–H groups in total. The Morgan fingerprint density at radius 3 is 1.33 bits per heavy atom. The van der Waals surface area contributed by atoms with Crippen LogP contribution >= 0.6 is 0 Å². The number of rotatable bonds is 4. The molecule has 24 heavy (non-hydrogen) atoms. The fourth-order valence-electron chi connectivity index (χ4n) is 2.50. The quantitative estimate of drug-likeness (QED) is 0.714. The predicted octanol–water partition coefficient (Wildman–Crippen LogP) is 2.66. The number of ether oxygens (including phenoxy) is 5. The summed E-state index contributed by atoms with van der Waals surface area (Å²) in [6, 6.07) is 5.71. The summed E-state index contributed by atoms with van der Waals surface area (Å²) in [7, 11) is 1.98. The highest BCUT2D eigenvalue weighted by Crippen LogP contribution is 2.49. The van der Waals surface area contributed by atoms with Crippen molar-refractivity contribution in [3.05, 3.63) is 24.3 Å². The third-order valence-electron chi connectivity index (χ3n) is 3.70. The zero-order valence-corrected chi connectivity index (χ0v) is 14.4. The minimum Gasteiger partial charge on any atom is -0.493 e. The van der Waals surface area contributed by atoms with Gasteiger partial charge in [-0.05, 0) is 0 Å². The van der Waals surface area contributed by atoms with Crippen LogP contribution in [0.5, 0.6) is 34.5 Å². The lowest BCUT2D eigenvalue weighted by Gasteiger charge is -2.23. The first-order valence-corrected chi connectivity index (χ1v) is 8.39. The fraction of sp³-hybridized carbons (Fsp3) is 0.250. The molecule has 2 aromatic rings. The Morgan fingerprint density at radius 2 is 1.00 bits per heavy atom. The standard InChI is InChI=1S/C16H16O7S/c1-19-9-5-13-15(7-11(9)21-3)24(17,18)16-8-12(22-4)10(20-2)6-14(16)23-13/h5-8H,1-4H3. The van der Waals surface area contributed by atoms with E-state index in [1.54, 1.807) is 0 Å². The molecule has 0 aliphatic carbocycles. The Hall–Kier alpha value is -2.61. The highest BCUT2D eigenvalue weighted by molar-refractivity contribution is 7.91. The van der Waals surface area contributed by atoms with E-state index in [4.69, 9.17) is 23.7 Å². The maximum Gasteiger partial charge on any atom is 0.214 e. The molecule has 0 saturated carbocycles. The van der Waals surface area contributed by atoms with E-state index in [0.29, 0.717) is 23.0 Å². The average molecular weight is 352 g/mol. The summed E-state index contributed by atoms with van der Waals surface area (Å²) >= 11 is 0.